The van der Waals surface area contributed by atoms with Crippen molar-refractivity contribution in [2.24, 2.45) is 0 Å². The second-order valence-electron chi connectivity index (χ2n) is 16.7. The molecule has 0 saturated carbocycles. The van der Waals surface area contributed by atoms with Gasteiger partial charge >= 0.3 is 0 Å². The van der Waals surface area contributed by atoms with Crippen LogP contribution in [0.25, 0.3) is 44.2 Å². The summed E-state index contributed by atoms with van der Waals surface area (Å²) in [5.74, 6) is 0.889. The van der Waals surface area contributed by atoms with E-state index in [2.05, 4.69) is 268 Å². The molecule has 1 aromatic heterocycles. The molecule has 1 aliphatic carbocycles. The van der Waals surface area contributed by atoms with Gasteiger partial charge in [-0.15, -0.1) is 32.3 Å². The fourth-order valence-corrected chi connectivity index (χ4v) is 10.1. The Hall–Kier alpha value is -8.76. The molecule has 0 fully saturated rings. The Morgan fingerprint density at radius 2 is 1.16 bits per heavy atom. The van der Waals surface area contributed by atoms with E-state index in [1.165, 1.54) is 49.9 Å². The molecular weight excluding hydrogens is 837 g/mol. The molecule has 0 saturated heterocycles. The second-order valence-corrected chi connectivity index (χ2v) is 16.7. The number of ether oxygens (including phenoxy) is 1. The zero-order valence-corrected chi connectivity index (χ0v) is 39.6. The molecule has 69 heavy (non-hydrogen) atoms. The first kappa shape index (κ1) is 46.8. The molecule has 8 aromatic carbocycles. The van der Waals surface area contributed by atoms with Crippen LogP contribution in [0.15, 0.2) is 237 Å². The molecule has 0 atom stereocenters. The molecular formula is C66H56N2O. The minimum absolute atomic E-state index is 0.486. The number of rotatable bonds is 13. The number of hydrogen-bond donors (Lipinski definition) is 0. The van der Waals surface area contributed by atoms with Gasteiger partial charge in [-0.1, -0.05) is 170 Å². The molecule has 0 unspecified atom stereocenters. The monoisotopic (exact) mass is 892 g/mol. The van der Waals surface area contributed by atoms with Gasteiger partial charge in [-0.05, 0) is 126 Å². The third-order valence-electron chi connectivity index (χ3n) is 13.0. The van der Waals surface area contributed by atoms with E-state index in [1.807, 2.05) is 19.1 Å². The van der Waals surface area contributed by atoms with Crippen molar-refractivity contribution in [1.29, 1.82) is 0 Å². The number of fused-ring (bicyclic) bond motifs is 4. The molecule has 0 spiro atoms. The number of allylic oxidation sites excluding steroid dienone is 6. The van der Waals surface area contributed by atoms with E-state index in [-0.39, 0.29) is 0 Å². The summed E-state index contributed by atoms with van der Waals surface area (Å²) in [5, 5.41) is 2.35. The molecule has 0 N–H and O–H groups in total. The summed E-state index contributed by atoms with van der Waals surface area (Å²) >= 11 is 0. The molecule has 1 heterocycles. The lowest BCUT2D eigenvalue weighted by Gasteiger charge is -2.36. The van der Waals surface area contributed by atoms with Crippen LogP contribution in [0, 0.1) is 25.7 Å². The summed E-state index contributed by atoms with van der Waals surface area (Å²) in [4.78, 5) is 2.41. The first-order valence-electron chi connectivity index (χ1n) is 23.3. The number of aromatic nitrogens is 1. The van der Waals surface area contributed by atoms with Gasteiger partial charge in [0.2, 0.25) is 0 Å². The average molecular weight is 893 g/mol. The van der Waals surface area contributed by atoms with Gasteiger partial charge in [-0.3, -0.25) is 0 Å². The van der Waals surface area contributed by atoms with Crippen LogP contribution in [0.5, 0.6) is 5.75 Å². The molecule has 1 aliphatic rings. The summed E-state index contributed by atoms with van der Waals surface area (Å²) in [6.45, 7) is 11.0. The number of hydrogen-bond acceptors (Lipinski definition) is 2. The van der Waals surface area contributed by atoms with Crippen molar-refractivity contribution in [2.75, 3.05) is 11.5 Å². The molecule has 0 amide bonds. The van der Waals surface area contributed by atoms with Crippen LogP contribution in [-0.2, 0) is 11.8 Å². The third kappa shape index (κ3) is 8.49. The predicted molar refractivity (Wildman–Crippen MR) is 295 cm³/mol. The van der Waals surface area contributed by atoms with Crippen LogP contribution in [0.4, 0.5) is 17.1 Å². The fourth-order valence-electron chi connectivity index (χ4n) is 10.1. The lowest BCUT2D eigenvalue weighted by Crippen LogP contribution is -2.29. The number of benzene rings is 8. The minimum Gasteiger partial charge on any atom is -0.487 e. The standard InChI is InChI=1S/C62H52N2O.2C2H2/c1-5-8-42-65-61-47(20-6-2)32-40-56-55-28-18-19-29-59(55)64(60(56)61)52-37-35-51(36-38-52)63(50-33-30-46(31-34-50)45-22-12-9-13-23-45)53-39-41-54-44(4)57(21-7-3)62(58(54)43-53,48-24-14-10-15-25-48)49-26-16-11-17-27-49;2*1-2/h5-19,21-41,43H,2,20,42H2,1,3-4H3;2*1-2H/b8-5-,21-7-;;. The van der Waals surface area contributed by atoms with Crippen LogP contribution in [0.1, 0.15) is 48.6 Å². The van der Waals surface area contributed by atoms with Crippen molar-refractivity contribution in [1.82, 2.24) is 4.57 Å². The van der Waals surface area contributed by atoms with E-state index >= 15 is 0 Å². The second kappa shape index (κ2) is 21.3. The van der Waals surface area contributed by atoms with Crippen LogP contribution >= 0.6 is 0 Å². The first-order chi connectivity index (χ1) is 34.1. The van der Waals surface area contributed by atoms with Crippen LogP contribution < -0.4 is 9.64 Å². The van der Waals surface area contributed by atoms with Crippen LogP contribution in [-0.4, -0.2) is 11.2 Å². The highest BCUT2D eigenvalue weighted by Crippen LogP contribution is 2.56. The Kier molecular flexibility index (Phi) is 14.4. The van der Waals surface area contributed by atoms with E-state index in [4.69, 9.17) is 4.74 Å². The van der Waals surface area contributed by atoms with Gasteiger partial charge in [0.1, 0.15) is 12.4 Å². The zero-order chi connectivity index (χ0) is 48.3. The Morgan fingerprint density at radius 3 is 1.77 bits per heavy atom. The van der Waals surface area contributed by atoms with Gasteiger partial charge < -0.3 is 14.2 Å². The maximum atomic E-state index is 6.63. The van der Waals surface area contributed by atoms with E-state index in [0.29, 0.717) is 13.0 Å². The fraction of sp³-hybridized carbons (Fsp3) is 0.0909. The Bertz CT molecular complexity index is 3300. The number of nitrogens with zero attached hydrogens (tertiary/aromatic N) is 2. The highest BCUT2D eigenvalue weighted by molar-refractivity contribution is 6.11. The van der Waals surface area contributed by atoms with Gasteiger partial charge in [0.05, 0.1) is 16.4 Å². The van der Waals surface area contributed by atoms with Gasteiger partial charge in [-0.25, -0.2) is 0 Å². The number of terminal acetylenes is 2. The SMILES string of the molecule is C#C.C#C.C=CCc1ccc2c3ccccc3n(-c3ccc(N(c4ccc(-c5ccccc5)cc4)c4ccc5c(c4)C(c4ccccc4)(c4ccccc4)C(/C=C\C)=C5C)cc3)c2c1OC/C=C\C. The van der Waals surface area contributed by atoms with E-state index < -0.39 is 5.41 Å². The van der Waals surface area contributed by atoms with Crippen LogP contribution in [0.3, 0.4) is 0 Å². The average Bonchev–Trinajstić information content (AvgIpc) is 3.88. The van der Waals surface area contributed by atoms with Crippen molar-refractivity contribution < 1.29 is 4.74 Å². The maximum Gasteiger partial charge on any atom is 0.147 e. The lowest BCUT2D eigenvalue weighted by molar-refractivity contribution is 0.363. The van der Waals surface area contributed by atoms with E-state index in [1.54, 1.807) is 0 Å². The maximum absolute atomic E-state index is 6.63. The van der Waals surface area contributed by atoms with E-state index in [0.717, 1.165) is 50.5 Å². The molecule has 10 rings (SSSR count). The largest absolute Gasteiger partial charge is 0.487 e. The molecule has 0 aliphatic heterocycles. The molecule has 0 bridgehead atoms. The van der Waals surface area contributed by atoms with Gasteiger partial charge in [0, 0.05) is 39.1 Å². The molecule has 3 nitrogen and oxygen atoms in total. The number of anilines is 3. The summed E-state index contributed by atoms with van der Waals surface area (Å²) in [5.41, 5.74) is 17.0. The van der Waals surface area contributed by atoms with E-state index in [9.17, 15) is 0 Å². The highest BCUT2D eigenvalue weighted by atomic mass is 16.5. The molecule has 336 valence electrons. The summed E-state index contributed by atoms with van der Waals surface area (Å²) in [7, 11) is 0. The predicted octanol–water partition coefficient (Wildman–Crippen LogP) is 16.8. The van der Waals surface area contributed by atoms with Crippen molar-refractivity contribution in [3.05, 3.63) is 264 Å². The van der Waals surface area contributed by atoms with Crippen molar-refractivity contribution >= 4 is 44.4 Å². The zero-order valence-electron chi connectivity index (χ0n) is 39.6. The topological polar surface area (TPSA) is 17.4 Å². The van der Waals surface area contributed by atoms with Crippen molar-refractivity contribution in [2.45, 2.75) is 32.6 Å². The quantitative estimate of drug-likeness (QED) is 0.0848. The lowest BCUT2D eigenvalue weighted by atomic mass is 9.66. The highest BCUT2D eigenvalue weighted by Gasteiger charge is 2.46. The molecule has 3 heteroatoms. The normalized spacial score (nSPS) is 12.6. The minimum atomic E-state index is -0.523. The van der Waals surface area contributed by atoms with Crippen LogP contribution in [0.2, 0.25) is 0 Å². The summed E-state index contributed by atoms with van der Waals surface area (Å²) < 4.78 is 9.00. The smallest absolute Gasteiger partial charge is 0.147 e. The Morgan fingerprint density at radius 1 is 0.594 bits per heavy atom. The Labute approximate surface area is 408 Å². The summed E-state index contributed by atoms with van der Waals surface area (Å²) in [6, 6.07) is 70.8. The first-order valence-corrected chi connectivity index (χ1v) is 23.3. The Balaban J connectivity index is 0.00000156. The number of para-hydroxylation sites is 1. The van der Waals surface area contributed by atoms with Crippen molar-refractivity contribution in [3.63, 3.8) is 0 Å². The van der Waals surface area contributed by atoms with Gasteiger partial charge in [-0.2, -0.15) is 0 Å². The third-order valence-corrected chi connectivity index (χ3v) is 13.0. The van der Waals surface area contributed by atoms with Gasteiger partial charge in [0.15, 0.2) is 0 Å². The molecule has 0 radical (unpaired) electrons. The van der Waals surface area contributed by atoms with Crippen molar-refractivity contribution in [3.8, 4) is 48.3 Å². The summed E-state index contributed by atoms with van der Waals surface area (Å²) in [6.07, 6.45) is 27.3. The van der Waals surface area contributed by atoms with Gasteiger partial charge in [0.25, 0.3) is 0 Å². The molecule has 9 aromatic rings.